The lowest BCUT2D eigenvalue weighted by Gasteiger charge is -2.23. The normalized spacial score (nSPS) is 18.8. The summed E-state index contributed by atoms with van der Waals surface area (Å²) in [4.78, 5) is 32.1. The minimum atomic E-state index is -3.07. The average molecular weight is 367 g/mol. The first-order valence-electron chi connectivity index (χ1n) is 8.43. The van der Waals surface area contributed by atoms with E-state index in [1.54, 1.807) is 19.0 Å². The highest BCUT2D eigenvalue weighted by Crippen LogP contribution is 2.19. The lowest BCUT2D eigenvalue weighted by molar-refractivity contribution is 0.0747. The van der Waals surface area contributed by atoms with Crippen molar-refractivity contribution in [1.82, 2.24) is 14.8 Å². The van der Waals surface area contributed by atoms with Crippen molar-refractivity contribution in [2.24, 2.45) is 0 Å². The van der Waals surface area contributed by atoms with E-state index in [1.165, 1.54) is 23.4 Å². The minimum absolute atomic E-state index is 0.0129. The molecule has 2 amide bonds. The molecule has 1 aliphatic heterocycles. The van der Waals surface area contributed by atoms with Gasteiger partial charge < -0.3 is 9.80 Å². The summed E-state index contributed by atoms with van der Waals surface area (Å²) in [5.41, 5.74) is 0.651. The molecule has 2 heterocycles. The minimum Gasteiger partial charge on any atom is -0.342 e. The average Bonchev–Trinajstić information content (AvgIpc) is 2.97. The van der Waals surface area contributed by atoms with Crippen molar-refractivity contribution in [2.75, 3.05) is 32.1 Å². The highest BCUT2D eigenvalue weighted by Gasteiger charge is 2.33. The van der Waals surface area contributed by atoms with Gasteiger partial charge in [0, 0.05) is 39.1 Å². The second-order valence-corrected chi connectivity index (χ2v) is 8.74. The van der Waals surface area contributed by atoms with Crippen LogP contribution in [0.3, 0.4) is 0 Å². The molecule has 0 N–H and O–H groups in total. The Kier molecular flexibility index (Phi) is 6.16. The number of aromatic nitrogens is 1. The Balaban J connectivity index is 2.12. The van der Waals surface area contributed by atoms with Crippen LogP contribution in [0.5, 0.6) is 0 Å². The molecule has 0 radical (unpaired) electrons. The van der Waals surface area contributed by atoms with Crippen LogP contribution in [-0.2, 0) is 9.84 Å². The van der Waals surface area contributed by atoms with Crippen LogP contribution >= 0.6 is 0 Å². The quantitative estimate of drug-likeness (QED) is 0.754. The number of amides is 2. The SMILES string of the molecule is CCCCN(C)C(=O)c1cncc(C(=O)N(C)C2CCS(=O)(=O)C2)c1. The Bertz CT molecular complexity index is 748. The van der Waals surface area contributed by atoms with Gasteiger partial charge in [-0.05, 0) is 18.9 Å². The Morgan fingerprint density at radius 3 is 2.40 bits per heavy atom. The lowest BCUT2D eigenvalue weighted by Crippen LogP contribution is -2.38. The van der Waals surface area contributed by atoms with E-state index in [4.69, 9.17) is 0 Å². The molecular weight excluding hydrogens is 342 g/mol. The number of sulfone groups is 1. The maximum atomic E-state index is 12.6. The molecule has 1 fully saturated rings. The number of pyridine rings is 1. The Morgan fingerprint density at radius 2 is 1.84 bits per heavy atom. The molecule has 1 aromatic heterocycles. The van der Waals surface area contributed by atoms with E-state index in [1.807, 2.05) is 0 Å². The molecule has 7 nitrogen and oxygen atoms in total. The molecule has 0 spiro atoms. The van der Waals surface area contributed by atoms with Crippen molar-refractivity contribution in [3.63, 3.8) is 0 Å². The van der Waals surface area contributed by atoms with Crippen LogP contribution in [0.2, 0.25) is 0 Å². The molecule has 2 rings (SSSR count). The summed E-state index contributed by atoms with van der Waals surface area (Å²) in [6.45, 7) is 2.70. The van der Waals surface area contributed by atoms with Gasteiger partial charge in [0.15, 0.2) is 9.84 Å². The summed E-state index contributed by atoms with van der Waals surface area (Å²) in [7, 11) is 0.249. The largest absolute Gasteiger partial charge is 0.342 e. The summed E-state index contributed by atoms with van der Waals surface area (Å²) in [6.07, 6.45) is 5.19. The number of unbranched alkanes of at least 4 members (excludes halogenated alkanes) is 1. The van der Waals surface area contributed by atoms with E-state index >= 15 is 0 Å². The van der Waals surface area contributed by atoms with E-state index in [0.717, 1.165) is 12.8 Å². The fraction of sp³-hybridized carbons (Fsp3) is 0.588. The van der Waals surface area contributed by atoms with E-state index in [-0.39, 0.29) is 29.4 Å². The zero-order chi connectivity index (χ0) is 18.6. The van der Waals surface area contributed by atoms with Crippen molar-refractivity contribution in [2.45, 2.75) is 32.2 Å². The standard InChI is InChI=1S/C17H25N3O4S/c1-4-5-7-19(2)16(21)13-9-14(11-18-10-13)17(22)20(3)15-6-8-25(23,24)12-15/h9-11,15H,4-8,12H2,1-3H3. The highest BCUT2D eigenvalue weighted by molar-refractivity contribution is 7.91. The van der Waals surface area contributed by atoms with Crippen molar-refractivity contribution in [3.05, 3.63) is 29.6 Å². The van der Waals surface area contributed by atoms with Crippen molar-refractivity contribution in [1.29, 1.82) is 0 Å². The number of carbonyl (C=O) groups is 2. The first kappa shape index (κ1) is 19.4. The van der Waals surface area contributed by atoms with Crippen molar-refractivity contribution < 1.29 is 18.0 Å². The molecule has 0 saturated carbocycles. The Hall–Kier alpha value is -1.96. The van der Waals surface area contributed by atoms with Gasteiger partial charge in [0.25, 0.3) is 11.8 Å². The smallest absolute Gasteiger partial charge is 0.255 e. The number of hydrogen-bond donors (Lipinski definition) is 0. The topological polar surface area (TPSA) is 87.7 Å². The van der Waals surface area contributed by atoms with Crippen LogP contribution in [0.25, 0.3) is 0 Å². The van der Waals surface area contributed by atoms with E-state index in [0.29, 0.717) is 24.1 Å². The van der Waals surface area contributed by atoms with E-state index in [9.17, 15) is 18.0 Å². The van der Waals surface area contributed by atoms with Gasteiger partial charge in [0.05, 0.1) is 22.6 Å². The molecule has 1 atom stereocenters. The molecule has 1 saturated heterocycles. The summed E-state index contributed by atoms with van der Waals surface area (Å²) >= 11 is 0. The maximum absolute atomic E-state index is 12.6. The monoisotopic (exact) mass is 367 g/mol. The molecule has 1 unspecified atom stereocenters. The first-order chi connectivity index (χ1) is 11.7. The molecule has 138 valence electrons. The van der Waals surface area contributed by atoms with Gasteiger partial charge in [-0.3, -0.25) is 14.6 Å². The van der Waals surface area contributed by atoms with Gasteiger partial charge in [-0.1, -0.05) is 13.3 Å². The van der Waals surface area contributed by atoms with E-state index < -0.39 is 9.84 Å². The third-order valence-corrected chi connectivity index (χ3v) is 6.25. The molecular formula is C17H25N3O4S. The fourth-order valence-corrected chi connectivity index (χ4v) is 4.62. The number of hydrogen-bond acceptors (Lipinski definition) is 5. The van der Waals surface area contributed by atoms with Crippen LogP contribution in [0.4, 0.5) is 0 Å². The van der Waals surface area contributed by atoms with Gasteiger partial charge in [0.2, 0.25) is 0 Å². The first-order valence-corrected chi connectivity index (χ1v) is 10.3. The zero-order valence-electron chi connectivity index (χ0n) is 14.9. The molecule has 0 aromatic carbocycles. The predicted molar refractivity (Wildman–Crippen MR) is 95.3 cm³/mol. The molecule has 0 aliphatic carbocycles. The van der Waals surface area contributed by atoms with E-state index in [2.05, 4.69) is 11.9 Å². The molecule has 0 bridgehead atoms. The second kappa shape index (κ2) is 7.95. The Morgan fingerprint density at radius 1 is 1.20 bits per heavy atom. The van der Waals surface area contributed by atoms with Gasteiger partial charge in [-0.15, -0.1) is 0 Å². The van der Waals surface area contributed by atoms with Gasteiger partial charge >= 0.3 is 0 Å². The lowest BCUT2D eigenvalue weighted by atomic mass is 10.1. The van der Waals surface area contributed by atoms with Gasteiger partial charge in [-0.2, -0.15) is 0 Å². The third kappa shape index (κ3) is 4.78. The predicted octanol–water partition coefficient (Wildman–Crippen LogP) is 1.21. The van der Waals surface area contributed by atoms with Crippen LogP contribution in [-0.4, -0.2) is 73.2 Å². The fourth-order valence-electron chi connectivity index (χ4n) is 2.84. The van der Waals surface area contributed by atoms with Crippen LogP contribution in [0.1, 0.15) is 46.9 Å². The Labute approximate surface area is 148 Å². The molecule has 25 heavy (non-hydrogen) atoms. The molecule has 1 aromatic rings. The second-order valence-electron chi connectivity index (χ2n) is 6.52. The summed E-state index contributed by atoms with van der Waals surface area (Å²) in [5, 5.41) is 0. The number of rotatable bonds is 6. The zero-order valence-corrected chi connectivity index (χ0v) is 15.8. The summed E-state index contributed by atoms with van der Waals surface area (Å²) in [6, 6.07) is 1.20. The van der Waals surface area contributed by atoms with Crippen molar-refractivity contribution in [3.8, 4) is 0 Å². The van der Waals surface area contributed by atoms with Crippen LogP contribution in [0, 0.1) is 0 Å². The van der Waals surface area contributed by atoms with Crippen molar-refractivity contribution >= 4 is 21.7 Å². The molecule has 1 aliphatic rings. The number of carbonyl (C=O) groups excluding carboxylic acids is 2. The summed E-state index contributed by atoms with van der Waals surface area (Å²) < 4.78 is 23.2. The third-order valence-electron chi connectivity index (χ3n) is 4.50. The van der Waals surface area contributed by atoms with Gasteiger partial charge in [0.1, 0.15) is 0 Å². The molecule has 8 heteroatoms. The highest BCUT2D eigenvalue weighted by atomic mass is 32.2. The van der Waals surface area contributed by atoms with Crippen LogP contribution < -0.4 is 0 Å². The maximum Gasteiger partial charge on any atom is 0.255 e. The summed E-state index contributed by atoms with van der Waals surface area (Å²) in [5.74, 6) is -0.405. The number of nitrogens with zero attached hydrogens (tertiary/aromatic N) is 3. The van der Waals surface area contributed by atoms with Crippen LogP contribution in [0.15, 0.2) is 18.5 Å². The van der Waals surface area contributed by atoms with Gasteiger partial charge in [-0.25, -0.2) is 8.42 Å².